The van der Waals surface area contributed by atoms with Crippen LogP contribution in [0.3, 0.4) is 0 Å². The average molecular weight is 1670 g/mol. The predicted molar refractivity (Wildman–Crippen MR) is 451 cm³/mol. The number of carbonyl (C=O) groups excluding carboxylic acids is 4. The molecule has 22 nitrogen and oxygen atoms in total. The molecule has 0 saturated carbocycles. The summed E-state index contributed by atoms with van der Waals surface area (Å²) in [4.78, 5) is 78.2. The van der Waals surface area contributed by atoms with Crippen molar-refractivity contribution in [3.63, 3.8) is 0 Å². The Morgan fingerprint density at radius 3 is 1.02 bits per heavy atom. The molecule has 8 aliphatic rings. The molecule has 4 amide bonds. The topological polar surface area (TPSA) is 232 Å². The maximum Gasteiger partial charge on any atom is 0.410 e. The number of hydrogen-bond acceptors (Lipinski definition) is 18. The smallest absolute Gasteiger partial charge is 0.410 e. The molecular formula is C86H133Br2FN12O10. The second kappa shape index (κ2) is 53.2. The van der Waals surface area contributed by atoms with Gasteiger partial charge in [0.15, 0.2) is 0 Å². The lowest BCUT2D eigenvalue weighted by molar-refractivity contribution is 0.0630. The van der Waals surface area contributed by atoms with Crippen molar-refractivity contribution < 1.29 is 52.7 Å². The van der Waals surface area contributed by atoms with Gasteiger partial charge in [-0.1, -0.05) is 30.4 Å². The number of carbonyl (C=O) groups is 4. The second-order valence-electron chi connectivity index (χ2n) is 31.0. The molecule has 12 rings (SSSR count). The maximum absolute atomic E-state index is 12.0. The van der Waals surface area contributed by atoms with Crippen LogP contribution in [0.25, 0.3) is 12.2 Å². The number of piperidine rings is 8. The number of nitrogens with one attached hydrogen (secondary N) is 1. The molecule has 0 atom stereocenters. The van der Waals surface area contributed by atoms with Gasteiger partial charge in [-0.25, -0.2) is 39.1 Å². The van der Waals surface area contributed by atoms with Gasteiger partial charge in [0.2, 0.25) is 5.95 Å². The van der Waals surface area contributed by atoms with Crippen molar-refractivity contribution in [2.24, 2.45) is 29.6 Å². The number of hydrogen-bond donors (Lipinski definition) is 3. The molecule has 25 heteroatoms. The normalized spacial score (nSPS) is 18.4. The van der Waals surface area contributed by atoms with Crippen LogP contribution in [0.2, 0.25) is 0 Å². The highest BCUT2D eigenvalue weighted by molar-refractivity contribution is 9.10. The molecule has 618 valence electrons. The minimum atomic E-state index is -0.451. The third kappa shape index (κ3) is 37.7. The van der Waals surface area contributed by atoms with Crippen LogP contribution in [0.5, 0.6) is 0 Å². The summed E-state index contributed by atoms with van der Waals surface area (Å²) in [5, 5.41) is 20.7. The molecule has 0 unspecified atom stereocenters. The number of aliphatic hydroxyl groups is 2. The SMILES string of the molecule is Brc1ccc(N2CCCCC2)nc1.C=CC1CCN(C(=O)OC(C)C)CC1.CC(C)OC(=O)N1CCC(/C=C/c2ccc(N3CCCCC3)nc2)CC1.CC(C)OC(=O)N1CCC(/C=C/c2ccc(N3CCCCC3)nc2)CC1.CC(C)OC(=O)N1CCC(CCO)CC1.Fc1ccc(Br)cn1.OCCC1CCNCC1. The van der Waals surface area contributed by atoms with Gasteiger partial charge in [-0.2, -0.15) is 4.39 Å². The Labute approximate surface area is 680 Å². The molecule has 0 aromatic carbocycles. The minimum Gasteiger partial charge on any atom is -0.447 e. The summed E-state index contributed by atoms with van der Waals surface area (Å²) in [6.07, 6.45) is 41.2. The van der Waals surface area contributed by atoms with E-state index in [4.69, 9.17) is 29.2 Å². The van der Waals surface area contributed by atoms with Crippen molar-refractivity contribution in [1.82, 2.24) is 44.9 Å². The first-order valence-corrected chi connectivity index (χ1v) is 43.0. The molecule has 8 saturated heterocycles. The van der Waals surface area contributed by atoms with Crippen molar-refractivity contribution >= 4 is 85.8 Å². The molecule has 111 heavy (non-hydrogen) atoms. The first kappa shape index (κ1) is 92.9. The van der Waals surface area contributed by atoms with Crippen LogP contribution in [-0.2, 0) is 18.9 Å². The Bertz CT molecular complexity index is 3120. The molecule has 4 aromatic rings. The highest BCUT2D eigenvalue weighted by Gasteiger charge is 2.28. The molecule has 3 N–H and O–H groups in total. The molecule has 0 radical (unpaired) electrons. The monoisotopic (exact) mass is 1670 g/mol. The van der Waals surface area contributed by atoms with Gasteiger partial charge in [0.25, 0.3) is 0 Å². The minimum absolute atomic E-state index is 0.0281. The van der Waals surface area contributed by atoms with Crippen LogP contribution in [0.4, 0.5) is 41.0 Å². The molecule has 8 fully saturated rings. The number of likely N-dealkylation sites (tertiary alicyclic amines) is 4. The Balaban J connectivity index is 0.000000210. The van der Waals surface area contributed by atoms with Crippen molar-refractivity contribution in [2.75, 3.05) is 133 Å². The third-order valence-corrected chi connectivity index (χ3v) is 21.5. The number of allylic oxidation sites excluding steroid dienone is 3. The first-order valence-electron chi connectivity index (χ1n) is 41.4. The van der Waals surface area contributed by atoms with E-state index in [2.05, 4.69) is 139 Å². The molecule has 0 bridgehead atoms. The highest BCUT2D eigenvalue weighted by Crippen LogP contribution is 2.27. The quantitative estimate of drug-likeness (QED) is 0.0537. The van der Waals surface area contributed by atoms with E-state index in [1.54, 1.807) is 15.9 Å². The largest absolute Gasteiger partial charge is 0.447 e. The summed E-state index contributed by atoms with van der Waals surface area (Å²) < 4.78 is 34.6. The summed E-state index contributed by atoms with van der Waals surface area (Å²) in [6, 6.07) is 15.6. The van der Waals surface area contributed by atoms with Crippen molar-refractivity contribution in [1.29, 1.82) is 0 Å². The fourth-order valence-corrected chi connectivity index (χ4v) is 14.5. The Hall–Kier alpha value is -6.93. The van der Waals surface area contributed by atoms with E-state index in [1.807, 2.05) is 89.9 Å². The summed E-state index contributed by atoms with van der Waals surface area (Å²) in [5.41, 5.74) is 2.29. The van der Waals surface area contributed by atoms with E-state index in [0.717, 1.165) is 212 Å². The van der Waals surface area contributed by atoms with E-state index < -0.39 is 5.95 Å². The summed E-state index contributed by atoms with van der Waals surface area (Å²) in [5.74, 6) is 5.81. The van der Waals surface area contributed by atoms with Gasteiger partial charge < -0.3 is 68.8 Å². The Kier molecular flexibility index (Phi) is 44.5. The van der Waals surface area contributed by atoms with Crippen LogP contribution in [0.15, 0.2) is 107 Å². The first-order chi connectivity index (χ1) is 53.6. The average Bonchev–Trinajstić information content (AvgIpc) is 0.906. The number of pyridine rings is 4. The number of amides is 4. The highest BCUT2D eigenvalue weighted by atomic mass is 79.9. The molecule has 0 aliphatic carbocycles. The zero-order chi connectivity index (χ0) is 80.1. The number of aromatic nitrogens is 4. The lowest BCUT2D eigenvalue weighted by Crippen LogP contribution is -2.39. The maximum atomic E-state index is 12.0. The zero-order valence-electron chi connectivity index (χ0n) is 68.0. The number of halogens is 3. The number of aliphatic hydroxyl groups excluding tert-OH is 2. The van der Waals surface area contributed by atoms with Crippen molar-refractivity contribution in [3.8, 4) is 0 Å². The lowest BCUT2D eigenvalue weighted by Gasteiger charge is -2.31. The number of rotatable bonds is 16. The predicted octanol–water partition coefficient (Wildman–Crippen LogP) is 17.9. The van der Waals surface area contributed by atoms with Gasteiger partial charge in [0.1, 0.15) is 17.5 Å². The van der Waals surface area contributed by atoms with E-state index in [9.17, 15) is 23.6 Å². The van der Waals surface area contributed by atoms with E-state index in [1.165, 1.54) is 82.9 Å². The Morgan fingerprint density at radius 1 is 0.432 bits per heavy atom. The van der Waals surface area contributed by atoms with Gasteiger partial charge in [0, 0.05) is 139 Å². The van der Waals surface area contributed by atoms with Gasteiger partial charge in [0.05, 0.1) is 24.4 Å². The standard InChI is InChI=1S/2C21H31N3O2.C11H21NO3.C11H19NO2.C10H13BrN2.C7H15NO.C5H3BrFN/c2*1-17(2)26-21(25)24-14-10-18(11-15-24)6-7-19-8-9-20(22-16-19)23-12-4-3-5-13-23;1-9(2)15-11(14)12-6-3-10(4-7-12)5-8-13;1-4-10-5-7-12(8-6-10)11(13)14-9(2)3;11-9-4-5-10(12-8-9)13-6-2-1-3-7-13;9-6-3-7-1-4-8-5-2-7;6-4-1-2-5(7)8-3-4/h2*6-9,16-18H,3-5,10-15H2,1-2H3;9-10,13H,3-8H2,1-2H3;4,9-10H,1,5-8H2,2-3H3;4-5,8H,1-3,6-7H2;7-9H,1-6H2;1-3H/b2*7-6+;;;;;. The van der Waals surface area contributed by atoms with Crippen LogP contribution >= 0.6 is 31.9 Å². The van der Waals surface area contributed by atoms with Crippen LogP contribution < -0.4 is 20.0 Å². The van der Waals surface area contributed by atoms with Crippen molar-refractivity contribution in [2.45, 2.75) is 215 Å². The number of ether oxygens (including phenoxy) is 4. The number of nitrogens with zero attached hydrogens (tertiary/aromatic N) is 11. The van der Waals surface area contributed by atoms with Gasteiger partial charge in [-0.05, 0) is 324 Å². The van der Waals surface area contributed by atoms with E-state index in [-0.39, 0.29) is 55.4 Å². The molecule has 8 aliphatic heterocycles. The molecule has 0 spiro atoms. The van der Waals surface area contributed by atoms with Crippen LogP contribution in [0, 0.1) is 35.5 Å². The fraction of sp³-hybridized carbons (Fsp3) is 0.651. The zero-order valence-corrected chi connectivity index (χ0v) is 71.2. The third-order valence-electron chi connectivity index (χ3n) is 20.6. The molecular weight excluding hydrogens is 1540 g/mol. The molecule has 12 heterocycles. The van der Waals surface area contributed by atoms with Crippen LogP contribution in [-0.4, -0.2) is 216 Å². The lowest BCUT2D eigenvalue weighted by atomic mass is 9.94. The summed E-state index contributed by atoms with van der Waals surface area (Å²) in [6.45, 7) is 34.7. The van der Waals surface area contributed by atoms with Crippen LogP contribution in [0.1, 0.15) is 201 Å². The van der Waals surface area contributed by atoms with Gasteiger partial charge >= 0.3 is 24.4 Å². The number of anilines is 3. The summed E-state index contributed by atoms with van der Waals surface area (Å²) in [7, 11) is 0. The second-order valence-corrected chi connectivity index (χ2v) is 32.8. The van der Waals surface area contributed by atoms with Gasteiger partial charge in [-0.15, -0.1) is 6.58 Å². The molecule has 4 aromatic heterocycles. The van der Waals surface area contributed by atoms with Gasteiger partial charge in [-0.3, -0.25) is 0 Å². The van der Waals surface area contributed by atoms with Crippen molar-refractivity contribution in [3.05, 3.63) is 124 Å². The fourth-order valence-electron chi connectivity index (χ4n) is 14.1. The van der Waals surface area contributed by atoms with E-state index in [0.29, 0.717) is 30.3 Å². The van der Waals surface area contributed by atoms with E-state index >= 15 is 0 Å². The Morgan fingerprint density at radius 2 is 0.739 bits per heavy atom. The summed E-state index contributed by atoms with van der Waals surface area (Å²) >= 11 is 6.50.